The van der Waals surface area contributed by atoms with Crippen LogP contribution in [0.4, 0.5) is 5.69 Å². The van der Waals surface area contributed by atoms with E-state index in [1.54, 1.807) is 30.3 Å². The highest BCUT2D eigenvalue weighted by atomic mass is 35.5. The molecule has 2 rings (SSSR count). The highest BCUT2D eigenvalue weighted by Crippen LogP contribution is 2.25. The third-order valence-electron chi connectivity index (χ3n) is 3.95. The zero-order valence-corrected chi connectivity index (χ0v) is 18.1. The first kappa shape index (κ1) is 23.4. The SMILES string of the molecule is CNS(=O)(=O)c1cc(/C=C/C(=O)OC(C)C(=O)Nc2ccccc2Cl)ccc1OC. The van der Waals surface area contributed by atoms with Gasteiger partial charge in [0.25, 0.3) is 5.91 Å². The molecule has 0 aliphatic heterocycles. The summed E-state index contributed by atoms with van der Waals surface area (Å²) in [6.07, 6.45) is 1.39. The number of methoxy groups -OCH3 is 1. The summed E-state index contributed by atoms with van der Waals surface area (Å²) in [5.41, 5.74) is 0.828. The topological polar surface area (TPSA) is 111 Å². The molecule has 0 heterocycles. The number of hydrogen-bond donors (Lipinski definition) is 2. The van der Waals surface area contributed by atoms with Crippen LogP contribution < -0.4 is 14.8 Å². The Morgan fingerprint density at radius 3 is 2.50 bits per heavy atom. The van der Waals surface area contributed by atoms with E-state index in [0.29, 0.717) is 16.3 Å². The normalized spacial score (nSPS) is 12.4. The molecule has 2 aromatic rings. The summed E-state index contributed by atoms with van der Waals surface area (Å²) in [5.74, 6) is -1.16. The van der Waals surface area contributed by atoms with Crippen molar-refractivity contribution in [1.82, 2.24) is 4.72 Å². The molecule has 1 amide bonds. The van der Waals surface area contributed by atoms with Gasteiger partial charge in [0, 0.05) is 6.08 Å². The van der Waals surface area contributed by atoms with Crippen molar-refractivity contribution < 1.29 is 27.5 Å². The molecule has 0 saturated heterocycles. The second kappa shape index (κ2) is 10.2. The van der Waals surface area contributed by atoms with E-state index >= 15 is 0 Å². The van der Waals surface area contributed by atoms with Crippen molar-refractivity contribution in [2.75, 3.05) is 19.5 Å². The maximum Gasteiger partial charge on any atom is 0.331 e. The smallest absolute Gasteiger partial charge is 0.331 e. The average Bonchev–Trinajstić information content (AvgIpc) is 2.73. The summed E-state index contributed by atoms with van der Waals surface area (Å²) in [6, 6.07) is 11.1. The fourth-order valence-corrected chi connectivity index (χ4v) is 3.46. The first-order valence-corrected chi connectivity index (χ1v) is 10.6. The van der Waals surface area contributed by atoms with Crippen molar-refractivity contribution >= 4 is 45.3 Å². The van der Waals surface area contributed by atoms with Gasteiger partial charge in [-0.15, -0.1) is 0 Å². The van der Waals surface area contributed by atoms with E-state index in [9.17, 15) is 18.0 Å². The molecule has 30 heavy (non-hydrogen) atoms. The van der Waals surface area contributed by atoms with Crippen molar-refractivity contribution in [1.29, 1.82) is 0 Å². The molecule has 1 unspecified atom stereocenters. The van der Waals surface area contributed by atoms with Crippen LogP contribution in [0.25, 0.3) is 6.08 Å². The van der Waals surface area contributed by atoms with Crippen LogP contribution in [-0.2, 0) is 24.3 Å². The standard InChI is InChI=1S/C20H21ClN2O6S/c1-13(20(25)23-16-7-5-4-6-15(16)21)29-19(24)11-9-14-8-10-17(28-3)18(12-14)30(26,27)22-2/h4-13,22H,1-3H3,(H,23,25)/b11-9+. The Morgan fingerprint density at radius 2 is 1.87 bits per heavy atom. The Kier molecular flexibility index (Phi) is 7.99. The molecule has 8 nitrogen and oxygen atoms in total. The second-order valence-corrected chi connectivity index (χ2v) is 8.26. The molecule has 0 spiro atoms. The second-order valence-electron chi connectivity index (χ2n) is 6.00. The lowest BCUT2D eigenvalue weighted by atomic mass is 10.2. The number of esters is 1. The van der Waals surface area contributed by atoms with E-state index in [0.717, 1.165) is 6.08 Å². The van der Waals surface area contributed by atoms with Crippen LogP contribution in [0.15, 0.2) is 53.4 Å². The number of nitrogens with one attached hydrogen (secondary N) is 2. The molecule has 10 heteroatoms. The summed E-state index contributed by atoms with van der Waals surface area (Å²) >= 11 is 5.98. The van der Waals surface area contributed by atoms with Crippen LogP contribution in [0.3, 0.4) is 0 Å². The van der Waals surface area contributed by atoms with Gasteiger partial charge in [0.15, 0.2) is 6.10 Å². The van der Waals surface area contributed by atoms with Gasteiger partial charge in [-0.2, -0.15) is 0 Å². The van der Waals surface area contributed by atoms with Gasteiger partial charge < -0.3 is 14.8 Å². The highest BCUT2D eigenvalue weighted by molar-refractivity contribution is 7.89. The maximum atomic E-state index is 12.2. The molecule has 0 fully saturated rings. The van der Waals surface area contributed by atoms with E-state index in [4.69, 9.17) is 21.1 Å². The number of benzene rings is 2. The van der Waals surface area contributed by atoms with Crippen LogP contribution in [0.5, 0.6) is 5.75 Å². The zero-order valence-electron chi connectivity index (χ0n) is 16.5. The van der Waals surface area contributed by atoms with Gasteiger partial charge in [-0.3, -0.25) is 4.79 Å². The van der Waals surface area contributed by atoms with Gasteiger partial charge in [-0.05, 0) is 49.9 Å². The lowest BCUT2D eigenvalue weighted by molar-refractivity contribution is -0.148. The van der Waals surface area contributed by atoms with Gasteiger partial charge in [0.2, 0.25) is 10.0 Å². The molecule has 0 saturated carbocycles. The van der Waals surface area contributed by atoms with Crippen LogP contribution >= 0.6 is 11.6 Å². The number of hydrogen-bond acceptors (Lipinski definition) is 6. The number of amides is 1. The number of ether oxygens (including phenoxy) is 2. The molecule has 0 radical (unpaired) electrons. The Morgan fingerprint density at radius 1 is 1.17 bits per heavy atom. The van der Waals surface area contributed by atoms with E-state index < -0.39 is 28.0 Å². The molecular weight excluding hydrogens is 432 g/mol. The number of carbonyl (C=O) groups excluding carboxylic acids is 2. The van der Waals surface area contributed by atoms with Gasteiger partial charge in [0.05, 0.1) is 17.8 Å². The zero-order chi connectivity index (χ0) is 22.3. The minimum Gasteiger partial charge on any atom is -0.495 e. The molecule has 0 bridgehead atoms. The minimum absolute atomic E-state index is 0.0736. The average molecular weight is 453 g/mol. The van der Waals surface area contributed by atoms with Gasteiger partial charge in [0.1, 0.15) is 10.6 Å². The monoisotopic (exact) mass is 452 g/mol. The van der Waals surface area contributed by atoms with E-state index in [-0.39, 0.29) is 10.6 Å². The van der Waals surface area contributed by atoms with Crippen molar-refractivity contribution in [3.05, 3.63) is 59.1 Å². The molecular formula is C20H21ClN2O6S. The first-order chi connectivity index (χ1) is 14.2. The van der Waals surface area contributed by atoms with Gasteiger partial charge in [-0.25, -0.2) is 17.9 Å². The predicted octanol–water partition coefficient (Wildman–Crippen LogP) is 2.84. The Balaban J connectivity index is 2.06. The van der Waals surface area contributed by atoms with E-state index in [2.05, 4.69) is 10.0 Å². The molecule has 160 valence electrons. The predicted molar refractivity (Wildman–Crippen MR) is 114 cm³/mol. The van der Waals surface area contributed by atoms with E-state index in [1.807, 2.05) is 0 Å². The van der Waals surface area contributed by atoms with Crippen LogP contribution in [0.1, 0.15) is 12.5 Å². The molecule has 2 aromatic carbocycles. The third kappa shape index (κ3) is 6.06. The quantitative estimate of drug-likeness (QED) is 0.470. The van der Waals surface area contributed by atoms with Crippen molar-refractivity contribution in [3.8, 4) is 5.75 Å². The van der Waals surface area contributed by atoms with E-state index in [1.165, 1.54) is 39.3 Å². The Hall–Kier alpha value is -2.88. The number of para-hydroxylation sites is 1. The number of halogens is 1. The van der Waals surface area contributed by atoms with Crippen LogP contribution in [0.2, 0.25) is 5.02 Å². The lowest BCUT2D eigenvalue weighted by Crippen LogP contribution is -2.29. The molecule has 1 atom stereocenters. The summed E-state index contributed by atoms with van der Waals surface area (Å²) < 4.78 is 36.6. The lowest BCUT2D eigenvalue weighted by Gasteiger charge is -2.13. The summed E-state index contributed by atoms with van der Waals surface area (Å²) in [4.78, 5) is 24.1. The van der Waals surface area contributed by atoms with Crippen LogP contribution in [-0.4, -0.2) is 40.6 Å². The number of rotatable bonds is 8. The van der Waals surface area contributed by atoms with Crippen molar-refractivity contribution in [2.45, 2.75) is 17.9 Å². The number of carbonyl (C=O) groups is 2. The fourth-order valence-electron chi connectivity index (χ4n) is 2.35. The first-order valence-electron chi connectivity index (χ1n) is 8.73. The highest BCUT2D eigenvalue weighted by Gasteiger charge is 2.19. The fraction of sp³-hybridized carbons (Fsp3) is 0.200. The maximum absolute atomic E-state index is 12.2. The number of sulfonamides is 1. The van der Waals surface area contributed by atoms with Gasteiger partial charge in [-0.1, -0.05) is 29.8 Å². The summed E-state index contributed by atoms with van der Waals surface area (Å²) in [5, 5.41) is 2.93. The molecule has 0 aromatic heterocycles. The third-order valence-corrected chi connectivity index (χ3v) is 5.72. The number of anilines is 1. The summed E-state index contributed by atoms with van der Waals surface area (Å²) in [6.45, 7) is 1.42. The van der Waals surface area contributed by atoms with Crippen LogP contribution in [0, 0.1) is 0 Å². The van der Waals surface area contributed by atoms with Crippen molar-refractivity contribution in [3.63, 3.8) is 0 Å². The molecule has 0 aliphatic rings. The van der Waals surface area contributed by atoms with Crippen molar-refractivity contribution in [2.24, 2.45) is 0 Å². The largest absolute Gasteiger partial charge is 0.495 e. The molecule has 0 aliphatic carbocycles. The molecule has 2 N–H and O–H groups in total. The Labute approximate surface area is 179 Å². The summed E-state index contributed by atoms with van der Waals surface area (Å²) in [7, 11) is -1.12. The van der Waals surface area contributed by atoms with Gasteiger partial charge >= 0.3 is 5.97 Å². The minimum atomic E-state index is -3.75. The Bertz CT molecular complexity index is 1070.